The van der Waals surface area contributed by atoms with Crippen LogP contribution in [-0.4, -0.2) is 20.2 Å². The van der Waals surface area contributed by atoms with Gasteiger partial charge in [-0.3, -0.25) is 0 Å². The minimum absolute atomic E-state index is 0.240. The summed E-state index contributed by atoms with van der Waals surface area (Å²) in [5, 5.41) is 0. The van der Waals surface area contributed by atoms with Crippen molar-refractivity contribution in [3.05, 3.63) is 0 Å². The highest BCUT2D eigenvalue weighted by atomic mass is 28.3. The quantitative estimate of drug-likeness (QED) is 0.705. The van der Waals surface area contributed by atoms with Gasteiger partial charge in [-0.25, -0.2) is 0 Å². The molecule has 0 fully saturated rings. The van der Waals surface area contributed by atoms with Crippen LogP contribution in [0.25, 0.3) is 0 Å². The summed E-state index contributed by atoms with van der Waals surface area (Å²) in [6.45, 7) is 15.7. The number of hydrogen-bond donors (Lipinski definition) is 2. The summed E-state index contributed by atoms with van der Waals surface area (Å²) in [7, 11) is -0.984. The standard InChI is InChI=1S/C11H28N2Si/c1-8-9-14(12-10(2,3)4)13-11(5,6)7/h12-14H,8-9H2,1-7H3. The van der Waals surface area contributed by atoms with Crippen LogP contribution in [0.5, 0.6) is 0 Å². The third-order valence-corrected chi connectivity index (χ3v) is 5.38. The predicted octanol–water partition coefficient (Wildman–Crippen LogP) is 2.39. The highest BCUT2D eigenvalue weighted by molar-refractivity contribution is 6.53. The van der Waals surface area contributed by atoms with Gasteiger partial charge in [0.05, 0.1) is 0 Å². The molecule has 0 spiro atoms. The summed E-state index contributed by atoms with van der Waals surface area (Å²) >= 11 is 0. The predicted molar refractivity (Wildman–Crippen MR) is 68.0 cm³/mol. The van der Waals surface area contributed by atoms with Crippen LogP contribution < -0.4 is 9.96 Å². The van der Waals surface area contributed by atoms with Gasteiger partial charge in [-0.05, 0) is 47.6 Å². The highest BCUT2D eigenvalue weighted by Gasteiger charge is 2.22. The van der Waals surface area contributed by atoms with Crippen LogP contribution in [0.3, 0.4) is 0 Å². The molecular formula is C11H28N2Si. The molecule has 0 amide bonds. The number of nitrogens with one attached hydrogen (secondary N) is 2. The van der Waals surface area contributed by atoms with Crippen molar-refractivity contribution in [3.63, 3.8) is 0 Å². The molecule has 14 heavy (non-hydrogen) atoms. The third kappa shape index (κ3) is 8.72. The average molecular weight is 216 g/mol. The molecule has 86 valence electrons. The molecule has 0 heterocycles. The summed E-state index contributed by atoms with van der Waals surface area (Å²) in [5.41, 5.74) is 0.481. The monoisotopic (exact) mass is 216 g/mol. The molecule has 0 radical (unpaired) electrons. The van der Waals surface area contributed by atoms with Crippen molar-refractivity contribution < 1.29 is 0 Å². The second-order valence-electron chi connectivity index (χ2n) is 6.13. The lowest BCUT2D eigenvalue weighted by molar-refractivity contribution is 0.472. The fraction of sp³-hybridized carbons (Fsp3) is 1.00. The summed E-state index contributed by atoms with van der Waals surface area (Å²) in [6.07, 6.45) is 1.27. The Labute approximate surface area is 91.6 Å². The zero-order chi connectivity index (χ0) is 11.4. The van der Waals surface area contributed by atoms with Gasteiger partial charge in [0.25, 0.3) is 0 Å². The zero-order valence-corrected chi connectivity index (χ0v) is 12.1. The molecule has 0 aromatic rings. The highest BCUT2D eigenvalue weighted by Crippen LogP contribution is 2.06. The Morgan fingerprint density at radius 2 is 1.21 bits per heavy atom. The van der Waals surface area contributed by atoms with Gasteiger partial charge in [-0.1, -0.05) is 13.3 Å². The van der Waals surface area contributed by atoms with E-state index in [2.05, 4.69) is 58.4 Å². The summed E-state index contributed by atoms with van der Waals surface area (Å²) in [4.78, 5) is 7.48. The maximum absolute atomic E-state index is 3.74. The van der Waals surface area contributed by atoms with E-state index in [0.29, 0.717) is 0 Å². The molecule has 3 heteroatoms. The lowest BCUT2D eigenvalue weighted by atomic mass is 10.1. The first-order valence-corrected chi connectivity index (χ1v) is 7.66. The van der Waals surface area contributed by atoms with E-state index in [4.69, 9.17) is 0 Å². The summed E-state index contributed by atoms with van der Waals surface area (Å²) in [6, 6.07) is 1.31. The normalized spacial score (nSPS) is 13.7. The van der Waals surface area contributed by atoms with Gasteiger partial charge in [0, 0.05) is 11.1 Å². The van der Waals surface area contributed by atoms with Crippen molar-refractivity contribution in [3.8, 4) is 0 Å². The van der Waals surface area contributed by atoms with Crippen LogP contribution in [-0.2, 0) is 0 Å². The maximum Gasteiger partial charge on any atom is 0.185 e. The van der Waals surface area contributed by atoms with Gasteiger partial charge < -0.3 is 9.96 Å². The molecule has 0 unspecified atom stereocenters. The van der Waals surface area contributed by atoms with E-state index in [1.165, 1.54) is 12.5 Å². The average Bonchev–Trinajstić information content (AvgIpc) is 1.78. The minimum Gasteiger partial charge on any atom is -0.323 e. The molecule has 0 bridgehead atoms. The number of hydrogen-bond acceptors (Lipinski definition) is 2. The van der Waals surface area contributed by atoms with E-state index in [9.17, 15) is 0 Å². The van der Waals surface area contributed by atoms with Crippen LogP contribution in [0, 0.1) is 0 Å². The van der Waals surface area contributed by atoms with Gasteiger partial charge in [-0.15, -0.1) is 0 Å². The molecule has 2 N–H and O–H groups in total. The van der Waals surface area contributed by atoms with Crippen molar-refractivity contribution in [1.82, 2.24) is 9.96 Å². The first kappa shape index (κ1) is 14.1. The molecule has 0 aromatic carbocycles. The third-order valence-electron chi connectivity index (χ3n) is 1.79. The van der Waals surface area contributed by atoms with Crippen molar-refractivity contribution in [1.29, 1.82) is 0 Å². The molecule has 0 aromatic heterocycles. The van der Waals surface area contributed by atoms with Crippen LogP contribution in [0.4, 0.5) is 0 Å². The molecule has 0 aliphatic carbocycles. The second kappa shape index (κ2) is 5.28. The van der Waals surface area contributed by atoms with Crippen LogP contribution in [0.2, 0.25) is 6.04 Å². The van der Waals surface area contributed by atoms with Crippen molar-refractivity contribution in [2.75, 3.05) is 0 Å². The summed E-state index contributed by atoms with van der Waals surface area (Å²) in [5.74, 6) is 0. The maximum atomic E-state index is 3.74. The Morgan fingerprint density at radius 3 is 1.43 bits per heavy atom. The lowest BCUT2D eigenvalue weighted by Gasteiger charge is -2.33. The van der Waals surface area contributed by atoms with Crippen molar-refractivity contribution in [2.24, 2.45) is 0 Å². The molecule has 0 saturated carbocycles. The van der Waals surface area contributed by atoms with Gasteiger partial charge >= 0.3 is 0 Å². The number of rotatable bonds is 4. The second-order valence-corrected chi connectivity index (χ2v) is 8.39. The Balaban J connectivity index is 4.16. The van der Waals surface area contributed by atoms with E-state index in [0.717, 1.165) is 0 Å². The Kier molecular flexibility index (Phi) is 5.34. The van der Waals surface area contributed by atoms with Crippen LogP contribution in [0.1, 0.15) is 54.9 Å². The van der Waals surface area contributed by atoms with E-state index >= 15 is 0 Å². The smallest absolute Gasteiger partial charge is 0.185 e. The summed E-state index contributed by atoms with van der Waals surface area (Å²) < 4.78 is 0. The van der Waals surface area contributed by atoms with E-state index in [-0.39, 0.29) is 11.1 Å². The van der Waals surface area contributed by atoms with Gasteiger partial charge in [-0.2, -0.15) is 0 Å². The first-order chi connectivity index (χ1) is 6.14. The zero-order valence-electron chi connectivity index (χ0n) is 11.0. The fourth-order valence-electron chi connectivity index (χ4n) is 1.51. The SMILES string of the molecule is CCC[SiH](NC(C)(C)C)NC(C)(C)C. The van der Waals surface area contributed by atoms with E-state index < -0.39 is 9.12 Å². The lowest BCUT2D eigenvalue weighted by Crippen LogP contribution is -2.59. The molecule has 2 nitrogen and oxygen atoms in total. The molecule has 0 saturated heterocycles. The van der Waals surface area contributed by atoms with E-state index in [1.807, 2.05) is 0 Å². The largest absolute Gasteiger partial charge is 0.323 e. The first-order valence-electron chi connectivity index (χ1n) is 5.69. The van der Waals surface area contributed by atoms with Crippen molar-refractivity contribution >= 4 is 9.12 Å². The molecule has 0 atom stereocenters. The van der Waals surface area contributed by atoms with E-state index in [1.54, 1.807) is 0 Å². The molecule has 0 rings (SSSR count). The Morgan fingerprint density at radius 1 is 0.857 bits per heavy atom. The minimum atomic E-state index is -0.984. The van der Waals surface area contributed by atoms with Gasteiger partial charge in [0.1, 0.15) is 0 Å². The van der Waals surface area contributed by atoms with Gasteiger partial charge in [0.2, 0.25) is 0 Å². The van der Waals surface area contributed by atoms with Gasteiger partial charge in [0.15, 0.2) is 9.12 Å². The molecule has 0 aliphatic heterocycles. The Hall–Kier alpha value is 0.137. The molecular weight excluding hydrogens is 188 g/mol. The Bertz CT molecular complexity index is 140. The molecule has 0 aliphatic rings. The fourth-order valence-corrected chi connectivity index (χ4v) is 4.54. The van der Waals surface area contributed by atoms with Crippen molar-refractivity contribution in [2.45, 2.75) is 72.0 Å². The van der Waals surface area contributed by atoms with Crippen LogP contribution in [0.15, 0.2) is 0 Å². The van der Waals surface area contributed by atoms with Crippen LogP contribution >= 0.6 is 0 Å². The topological polar surface area (TPSA) is 24.1 Å².